The van der Waals surface area contributed by atoms with E-state index in [0.717, 1.165) is 25.7 Å². The molecule has 0 aromatic heterocycles. The first-order valence-corrected chi connectivity index (χ1v) is 7.91. The van der Waals surface area contributed by atoms with Gasteiger partial charge in [-0.2, -0.15) is 0 Å². The van der Waals surface area contributed by atoms with E-state index in [0.29, 0.717) is 13.1 Å². The van der Waals surface area contributed by atoms with Gasteiger partial charge in [0.05, 0.1) is 6.42 Å². The molecule has 1 rings (SSSR count). The maximum atomic E-state index is 12.0. The minimum atomic E-state index is -0.828. The molecule has 2 N–H and O–H groups in total. The predicted molar refractivity (Wildman–Crippen MR) is 78.8 cm³/mol. The molecule has 1 fully saturated rings. The second-order valence-electron chi connectivity index (χ2n) is 5.59. The number of unbranched alkanes of at least 4 members (excludes halogenated alkanes) is 5. The Balaban J connectivity index is 2.13. The lowest BCUT2D eigenvalue weighted by atomic mass is 10.1. The van der Waals surface area contributed by atoms with Crippen LogP contribution in [-0.2, 0) is 4.79 Å². The molecule has 0 bridgehead atoms. The fourth-order valence-electron chi connectivity index (χ4n) is 2.72. The molecule has 0 aliphatic carbocycles. The SMILES string of the molecule is CCCCCCCCNC(=O)N1CCCC1CC(=O)O. The smallest absolute Gasteiger partial charge is 0.317 e. The molecule has 1 atom stereocenters. The number of carboxylic acid groups (broad SMARTS) is 1. The molecule has 0 aromatic carbocycles. The fraction of sp³-hybridized carbons (Fsp3) is 0.867. The summed E-state index contributed by atoms with van der Waals surface area (Å²) in [5.74, 6) is -0.828. The predicted octanol–water partition coefficient (Wildman–Crippen LogP) is 3.00. The van der Waals surface area contributed by atoms with Crippen LogP contribution >= 0.6 is 0 Å². The molecule has 1 saturated heterocycles. The second-order valence-corrected chi connectivity index (χ2v) is 5.59. The molecule has 20 heavy (non-hydrogen) atoms. The highest BCUT2D eigenvalue weighted by molar-refractivity contribution is 5.76. The van der Waals surface area contributed by atoms with Crippen molar-refractivity contribution >= 4 is 12.0 Å². The Bertz CT molecular complexity index is 307. The van der Waals surface area contributed by atoms with Gasteiger partial charge in [-0.25, -0.2) is 4.79 Å². The van der Waals surface area contributed by atoms with Crippen LogP contribution in [0.2, 0.25) is 0 Å². The molecule has 1 unspecified atom stereocenters. The summed E-state index contributed by atoms with van der Waals surface area (Å²) in [6, 6.07) is -0.223. The van der Waals surface area contributed by atoms with E-state index in [2.05, 4.69) is 12.2 Å². The molecule has 0 aromatic rings. The van der Waals surface area contributed by atoms with Crippen LogP contribution in [0.15, 0.2) is 0 Å². The van der Waals surface area contributed by atoms with Crippen LogP contribution in [0.3, 0.4) is 0 Å². The third-order valence-electron chi connectivity index (χ3n) is 3.85. The van der Waals surface area contributed by atoms with Gasteiger partial charge in [-0.15, -0.1) is 0 Å². The zero-order valence-corrected chi connectivity index (χ0v) is 12.6. The number of carboxylic acids is 1. The Labute approximate surface area is 121 Å². The first-order valence-electron chi connectivity index (χ1n) is 7.91. The molecule has 0 spiro atoms. The monoisotopic (exact) mass is 284 g/mol. The molecule has 5 nitrogen and oxygen atoms in total. The summed E-state index contributed by atoms with van der Waals surface area (Å²) in [4.78, 5) is 24.4. The maximum Gasteiger partial charge on any atom is 0.317 e. The number of amides is 2. The van der Waals surface area contributed by atoms with Crippen LogP contribution < -0.4 is 5.32 Å². The number of hydrogen-bond donors (Lipinski definition) is 2. The molecule has 1 aliphatic heterocycles. The summed E-state index contributed by atoms with van der Waals surface area (Å²) in [5, 5.41) is 11.7. The lowest BCUT2D eigenvalue weighted by Gasteiger charge is -2.23. The van der Waals surface area contributed by atoms with Gasteiger partial charge in [0.2, 0.25) is 0 Å². The summed E-state index contributed by atoms with van der Waals surface area (Å²) in [7, 11) is 0. The first kappa shape index (κ1) is 16.8. The number of nitrogens with one attached hydrogen (secondary N) is 1. The molecule has 1 heterocycles. The summed E-state index contributed by atoms with van der Waals surface area (Å²) in [6.45, 7) is 3.57. The largest absolute Gasteiger partial charge is 0.481 e. The molecule has 2 amide bonds. The van der Waals surface area contributed by atoms with Gasteiger partial charge in [0.15, 0.2) is 0 Å². The van der Waals surface area contributed by atoms with Crippen molar-refractivity contribution < 1.29 is 14.7 Å². The number of carbonyl (C=O) groups is 2. The topological polar surface area (TPSA) is 69.6 Å². The lowest BCUT2D eigenvalue weighted by Crippen LogP contribution is -2.43. The van der Waals surface area contributed by atoms with Gasteiger partial charge in [0.1, 0.15) is 0 Å². The van der Waals surface area contributed by atoms with Crippen molar-refractivity contribution in [2.24, 2.45) is 0 Å². The van der Waals surface area contributed by atoms with E-state index in [9.17, 15) is 9.59 Å². The zero-order chi connectivity index (χ0) is 14.8. The third kappa shape index (κ3) is 6.26. The average Bonchev–Trinajstić information content (AvgIpc) is 2.84. The Kier molecular flexibility index (Phi) is 8.07. The summed E-state index contributed by atoms with van der Waals surface area (Å²) in [5.41, 5.74) is 0. The number of rotatable bonds is 9. The van der Waals surface area contributed by atoms with Gasteiger partial charge < -0.3 is 15.3 Å². The Morgan fingerprint density at radius 3 is 2.60 bits per heavy atom. The number of likely N-dealkylation sites (tertiary alicyclic amines) is 1. The molecular formula is C15H28N2O3. The van der Waals surface area contributed by atoms with E-state index in [1.807, 2.05) is 0 Å². The number of nitrogens with zero attached hydrogens (tertiary/aromatic N) is 1. The minimum Gasteiger partial charge on any atom is -0.481 e. The average molecular weight is 284 g/mol. The quantitative estimate of drug-likeness (QED) is 0.639. The lowest BCUT2D eigenvalue weighted by molar-refractivity contribution is -0.137. The zero-order valence-electron chi connectivity index (χ0n) is 12.6. The standard InChI is InChI=1S/C15H28N2O3/c1-2-3-4-5-6-7-10-16-15(20)17-11-8-9-13(17)12-14(18)19/h13H,2-12H2,1H3,(H,16,20)(H,18,19). The Morgan fingerprint density at radius 2 is 1.90 bits per heavy atom. The second kappa shape index (κ2) is 9.61. The van der Waals surface area contributed by atoms with E-state index in [1.54, 1.807) is 4.90 Å². The number of carbonyl (C=O) groups excluding carboxylic acids is 1. The Hall–Kier alpha value is -1.26. The van der Waals surface area contributed by atoms with Crippen LogP contribution in [0, 0.1) is 0 Å². The van der Waals surface area contributed by atoms with Crippen molar-refractivity contribution in [3.8, 4) is 0 Å². The maximum absolute atomic E-state index is 12.0. The Morgan fingerprint density at radius 1 is 1.20 bits per heavy atom. The van der Waals surface area contributed by atoms with Crippen LogP contribution in [0.4, 0.5) is 4.79 Å². The van der Waals surface area contributed by atoms with Gasteiger partial charge >= 0.3 is 12.0 Å². The molecule has 0 saturated carbocycles. The van der Waals surface area contributed by atoms with Gasteiger partial charge in [-0.05, 0) is 19.3 Å². The summed E-state index contributed by atoms with van der Waals surface area (Å²) >= 11 is 0. The molecule has 1 aliphatic rings. The van der Waals surface area contributed by atoms with Crippen molar-refractivity contribution in [2.75, 3.05) is 13.1 Å². The number of hydrogen-bond acceptors (Lipinski definition) is 2. The van der Waals surface area contributed by atoms with Gasteiger partial charge in [-0.3, -0.25) is 4.79 Å². The molecule has 116 valence electrons. The fourth-order valence-corrected chi connectivity index (χ4v) is 2.72. The third-order valence-corrected chi connectivity index (χ3v) is 3.85. The van der Waals surface area contributed by atoms with Crippen LogP contribution in [0.25, 0.3) is 0 Å². The van der Waals surface area contributed by atoms with E-state index in [4.69, 9.17) is 5.11 Å². The van der Waals surface area contributed by atoms with Gasteiger partial charge in [0, 0.05) is 19.1 Å². The van der Waals surface area contributed by atoms with Crippen molar-refractivity contribution in [1.82, 2.24) is 10.2 Å². The van der Waals surface area contributed by atoms with E-state index in [1.165, 1.54) is 25.7 Å². The van der Waals surface area contributed by atoms with Crippen LogP contribution in [-0.4, -0.2) is 41.1 Å². The number of urea groups is 1. The first-order chi connectivity index (χ1) is 9.65. The summed E-state index contributed by atoms with van der Waals surface area (Å²) in [6.07, 6.45) is 8.97. The number of aliphatic carboxylic acids is 1. The molecule has 5 heteroatoms. The van der Waals surface area contributed by atoms with E-state index in [-0.39, 0.29) is 18.5 Å². The normalized spacial score (nSPS) is 18.2. The van der Waals surface area contributed by atoms with Crippen molar-refractivity contribution in [3.05, 3.63) is 0 Å². The van der Waals surface area contributed by atoms with E-state index >= 15 is 0 Å². The molecule has 0 radical (unpaired) electrons. The highest BCUT2D eigenvalue weighted by Gasteiger charge is 2.29. The van der Waals surface area contributed by atoms with Crippen molar-refractivity contribution in [1.29, 1.82) is 0 Å². The van der Waals surface area contributed by atoms with Crippen molar-refractivity contribution in [2.45, 2.75) is 70.8 Å². The van der Waals surface area contributed by atoms with Gasteiger partial charge in [0.25, 0.3) is 0 Å². The van der Waals surface area contributed by atoms with E-state index < -0.39 is 5.97 Å². The van der Waals surface area contributed by atoms with Gasteiger partial charge in [-0.1, -0.05) is 39.0 Å². The minimum absolute atomic E-state index is 0.0600. The highest BCUT2D eigenvalue weighted by atomic mass is 16.4. The summed E-state index contributed by atoms with van der Waals surface area (Å²) < 4.78 is 0. The van der Waals surface area contributed by atoms with Crippen LogP contribution in [0.5, 0.6) is 0 Å². The molecular weight excluding hydrogens is 256 g/mol. The van der Waals surface area contributed by atoms with Crippen LogP contribution in [0.1, 0.15) is 64.7 Å². The van der Waals surface area contributed by atoms with Crippen molar-refractivity contribution in [3.63, 3.8) is 0 Å². The highest BCUT2D eigenvalue weighted by Crippen LogP contribution is 2.20.